The largest absolute Gasteiger partial charge is 0.436 e. The number of oxazole rings is 1. The minimum Gasteiger partial charge on any atom is -0.436 e. The highest BCUT2D eigenvalue weighted by molar-refractivity contribution is 5.82. The fourth-order valence-electron chi connectivity index (χ4n) is 3.22. The smallest absolute Gasteiger partial charge is 0.270 e. The van der Waals surface area contributed by atoms with Crippen LogP contribution < -0.4 is 0 Å². The number of non-ortho nitro benzene ring substituents is 1. The van der Waals surface area contributed by atoms with E-state index in [1.165, 1.54) is 12.1 Å². The molecule has 1 heterocycles. The molecule has 4 rings (SSSR count). The molecule has 3 aromatic carbocycles. The first-order valence-corrected chi connectivity index (χ1v) is 9.43. The number of nitro benzene ring substituents is 1. The van der Waals surface area contributed by atoms with Crippen LogP contribution in [0, 0.1) is 24.0 Å². The molecule has 6 heteroatoms. The van der Waals surface area contributed by atoms with Crippen molar-refractivity contribution < 1.29 is 9.34 Å². The van der Waals surface area contributed by atoms with Crippen LogP contribution in [-0.2, 0) is 0 Å². The van der Waals surface area contributed by atoms with E-state index in [9.17, 15) is 10.1 Å². The average molecular weight is 397 g/mol. The monoisotopic (exact) mass is 397 g/mol. The molecule has 0 saturated heterocycles. The SMILES string of the molecule is Cc1cc(C)c2oc(-c3ccc(N=CC=Cc4cccc([N+](=O)[O-])c4)cc3)nc2c1. The third-order valence-corrected chi connectivity index (χ3v) is 4.61. The number of rotatable bonds is 5. The average Bonchev–Trinajstić information content (AvgIpc) is 3.16. The van der Waals surface area contributed by atoms with E-state index in [-0.39, 0.29) is 5.69 Å². The van der Waals surface area contributed by atoms with Crippen LogP contribution in [0.4, 0.5) is 11.4 Å². The maximum absolute atomic E-state index is 10.8. The van der Waals surface area contributed by atoms with Gasteiger partial charge in [-0.3, -0.25) is 15.1 Å². The molecular weight excluding hydrogens is 378 g/mol. The molecule has 0 aliphatic heterocycles. The van der Waals surface area contributed by atoms with Gasteiger partial charge >= 0.3 is 0 Å². The predicted octanol–water partition coefficient (Wildman–Crippen LogP) is 6.44. The van der Waals surface area contributed by atoms with Gasteiger partial charge in [0.2, 0.25) is 5.89 Å². The number of fused-ring (bicyclic) bond motifs is 1. The number of aliphatic imine (C=N–C) groups is 1. The molecule has 0 atom stereocenters. The van der Waals surface area contributed by atoms with E-state index < -0.39 is 4.92 Å². The van der Waals surface area contributed by atoms with Gasteiger partial charge in [0.05, 0.1) is 10.6 Å². The Morgan fingerprint density at radius 3 is 2.63 bits per heavy atom. The van der Waals surface area contributed by atoms with E-state index in [0.29, 0.717) is 5.89 Å². The first kappa shape index (κ1) is 19.3. The Balaban J connectivity index is 1.48. The molecule has 1 aromatic heterocycles. The van der Waals surface area contributed by atoms with Crippen molar-refractivity contribution in [2.24, 2.45) is 4.99 Å². The van der Waals surface area contributed by atoms with E-state index in [1.807, 2.05) is 44.2 Å². The molecule has 0 bridgehead atoms. The van der Waals surface area contributed by atoms with Gasteiger partial charge in [0, 0.05) is 23.9 Å². The quantitative estimate of drug-likeness (QED) is 0.220. The molecule has 0 saturated carbocycles. The molecular formula is C24H19N3O3. The first-order valence-electron chi connectivity index (χ1n) is 9.43. The second kappa shape index (κ2) is 8.13. The lowest BCUT2D eigenvalue weighted by Crippen LogP contribution is -1.87. The number of hydrogen-bond acceptors (Lipinski definition) is 5. The van der Waals surface area contributed by atoms with Gasteiger partial charge in [-0.2, -0.15) is 0 Å². The van der Waals surface area contributed by atoms with E-state index in [2.05, 4.69) is 16.0 Å². The highest BCUT2D eigenvalue weighted by atomic mass is 16.6. The topological polar surface area (TPSA) is 81.5 Å². The summed E-state index contributed by atoms with van der Waals surface area (Å²) >= 11 is 0. The second-order valence-electron chi connectivity index (χ2n) is 6.99. The van der Waals surface area contributed by atoms with Crippen LogP contribution in [0.25, 0.3) is 28.6 Å². The van der Waals surface area contributed by atoms with Crippen molar-refractivity contribution in [2.45, 2.75) is 13.8 Å². The zero-order valence-electron chi connectivity index (χ0n) is 16.6. The van der Waals surface area contributed by atoms with Crippen LogP contribution in [0.1, 0.15) is 16.7 Å². The van der Waals surface area contributed by atoms with E-state index in [0.717, 1.165) is 39.0 Å². The molecule has 0 unspecified atom stereocenters. The van der Waals surface area contributed by atoms with Crippen molar-refractivity contribution in [3.63, 3.8) is 0 Å². The van der Waals surface area contributed by atoms with Gasteiger partial charge in [0.15, 0.2) is 5.58 Å². The molecule has 30 heavy (non-hydrogen) atoms. The van der Waals surface area contributed by atoms with Gasteiger partial charge in [-0.1, -0.05) is 24.3 Å². The van der Waals surface area contributed by atoms with Gasteiger partial charge in [0.25, 0.3) is 5.69 Å². The molecule has 0 amide bonds. The van der Waals surface area contributed by atoms with E-state index in [4.69, 9.17) is 4.42 Å². The number of aromatic nitrogens is 1. The summed E-state index contributed by atoms with van der Waals surface area (Å²) in [4.78, 5) is 19.4. The summed E-state index contributed by atoms with van der Waals surface area (Å²) in [6.45, 7) is 4.06. The molecule has 4 aromatic rings. The Hall–Kier alpha value is -4.06. The number of nitro groups is 1. The van der Waals surface area contributed by atoms with Crippen molar-refractivity contribution >= 4 is 34.8 Å². The molecule has 148 valence electrons. The molecule has 0 N–H and O–H groups in total. The Kier molecular flexibility index (Phi) is 5.22. The lowest BCUT2D eigenvalue weighted by atomic mass is 10.1. The van der Waals surface area contributed by atoms with Crippen molar-refractivity contribution in [2.75, 3.05) is 0 Å². The van der Waals surface area contributed by atoms with Crippen LogP contribution in [0.5, 0.6) is 0 Å². The summed E-state index contributed by atoms with van der Waals surface area (Å²) in [5, 5.41) is 10.8. The van der Waals surface area contributed by atoms with Crippen LogP contribution in [0.2, 0.25) is 0 Å². The summed E-state index contributed by atoms with van der Waals surface area (Å²) in [5.41, 5.74) is 6.37. The van der Waals surface area contributed by atoms with Crippen molar-refractivity contribution in [1.29, 1.82) is 0 Å². The Labute approximate surface area is 173 Å². The summed E-state index contributed by atoms with van der Waals surface area (Å²) in [5.74, 6) is 0.583. The summed E-state index contributed by atoms with van der Waals surface area (Å²) in [6, 6.07) is 18.2. The van der Waals surface area contributed by atoms with Crippen LogP contribution in [-0.4, -0.2) is 16.1 Å². The summed E-state index contributed by atoms with van der Waals surface area (Å²) in [7, 11) is 0. The van der Waals surface area contributed by atoms with Gasteiger partial charge < -0.3 is 4.42 Å². The van der Waals surface area contributed by atoms with E-state index in [1.54, 1.807) is 30.5 Å². The second-order valence-corrected chi connectivity index (χ2v) is 6.99. The zero-order chi connectivity index (χ0) is 21.1. The summed E-state index contributed by atoms with van der Waals surface area (Å²) < 4.78 is 5.95. The minimum atomic E-state index is -0.410. The number of benzene rings is 3. The van der Waals surface area contributed by atoms with Gasteiger partial charge in [0.1, 0.15) is 5.52 Å². The normalized spacial score (nSPS) is 11.7. The highest BCUT2D eigenvalue weighted by Crippen LogP contribution is 2.28. The zero-order valence-corrected chi connectivity index (χ0v) is 16.6. The molecule has 0 fully saturated rings. The first-order chi connectivity index (χ1) is 14.5. The highest BCUT2D eigenvalue weighted by Gasteiger charge is 2.10. The van der Waals surface area contributed by atoms with Crippen molar-refractivity contribution in [3.05, 3.63) is 93.5 Å². The number of allylic oxidation sites excluding steroid dienone is 1. The number of hydrogen-bond donors (Lipinski definition) is 0. The molecule has 0 radical (unpaired) electrons. The van der Waals surface area contributed by atoms with Crippen molar-refractivity contribution in [3.8, 4) is 11.5 Å². The molecule has 6 nitrogen and oxygen atoms in total. The van der Waals surface area contributed by atoms with Crippen LogP contribution >= 0.6 is 0 Å². The van der Waals surface area contributed by atoms with Crippen LogP contribution in [0.3, 0.4) is 0 Å². The fourth-order valence-corrected chi connectivity index (χ4v) is 3.22. The third kappa shape index (κ3) is 4.17. The lowest BCUT2D eigenvalue weighted by Gasteiger charge is -1.97. The van der Waals surface area contributed by atoms with Crippen molar-refractivity contribution in [1.82, 2.24) is 4.98 Å². The number of nitrogens with zero attached hydrogens (tertiary/aromatic N) is 3. The van der Waals surface area contributed by atoms with E-state index >= 15 is 0 Å². The fraction of sp³-hybridized carbons (Fsp3) is 0.0833. The predicted molar refractivity (Wildman–Crippen MR) is 119 cm³/mol. The lowest BCUT2D eigenvalue weighted by molar-refractivity contribution is -0.384. The van der Waals surface area contributed by atoms with Gasteiger partial charge in [-0.25, -0.2) is 4.98 Å². The van der Waals surface area contributed by atoms with Gasteiger partial charge in [-0.05, 0) is 66.9 Å². The minimum absolute atomic E-state index is 0.0641. The Morgan fingerprint density at radius 1 is 1.07 bits per heavy atom. The Bertz CT molecular complexity index is 1290. The maximum Gasteiger partial charge on any atom is 0.270 e. The maximum atomic E-state index is 10.8. The molecule has 0 spiro atoms. The number of aryl methyl sites for hydroxylation is 2. The van der Waals surface area contributed by atoms with Crippen LogP contribution in [0.15, 0.2) is 76.1 Å². The third-order valence-electron chi connectivity index (χ3n) is 4.61. The standard InChI is InChI=1S/C24H19N3O3/c1-16-13-17(2)23-22(14-16)26-24(30-23)19-8-10-20(11-9-19)25-12-4-6-18-5-3-7-21(15-18)27(28)29/h3-15H,1-2H3. The Morgan fingerprint density at radius 2 is 1.87 bits per heavy atom. The summed E-state index contributed by atoms with van der Waals surface area (Å²) in [6.07, 6.45) is 5.17. The molecule has 0 aliphatic rings. The van der Waals surface area contributed by atoms with Gasteiger partial charge in [-0.15, -0.1) is 0 Å². The molecule has 0 aliphatic carbocycles.